The van der Waals surface area contributed by atoms with Gasteiger partial charge in [-0.1, -0.05) is 55.9 Å². The number of fused-ring (bicyclic) bond motifs is 3. The number of carbonyl (C=O) groups is 1. The maximum Gasteiger partial charge on any atom is 0.267 e. The van der Waals surface area contributed by atoms with Gasteiger partial charge in [0.2, 0.25) is 11.7 Å². The molecule has 0 aliphatic rings. The first-order valence-electron chi connectivity index (χ1n) is 9.81. The van der Waals surface area contributed by atoms with E-state index < -0.39 is 0 Å². The van der Waals surface area contributed by atoms with Gasteiger partial charge in [-0.25, -0.2) is 4.57 Å². The Morgan fingerprint density at radius 1 is 1.10 bits per heavy atom. The summed E-state index contributed by atoms with van der Waals surface area (Å²) in [4.78, 5) is 25.5. The Morgan fingerprint density at radius 3 is 2.60 bits per heavy atom. The van der Waals surface area contributed by atoms with Crippen molar-refractivity contribution in [1.82, 2.24) is 24.5 Å². The van der Waals surface area contributed by atoms with Crippen LogP contribution < -0.4 is 10.9 Å². The highest BCUT2D eigenvalue weighted by Crippen LogP contribution is 2.24. The number of nitrogens with one attached hydrogen (secondary N) is 1. The van der Waals surface area contributed by atoms with E-state index in [-0.39, 0.29) is 17.2 Å². The fraction of sp³-hybridized carbons (Fsp3) is 0.273. The maximum atomic E-state index is 13.3. The summed E-state index contributed by atoms with van der Waals surface area (Å²) in [6.45, 7) is 6.70. The van der Waals surface area contributed by atoms with Gasteiger partial charge in [-0.05, 0) is 36.6 Å². The van der Waals surface area contributed by atoms with Gasteiger partial charge in [0.15, 0.2) is 5.16 Å². The van der Waals surface area contributed by atoms with Crippen molar-refractivity contribution in [2.24, 2.45) is 5.92 Å². The third-order valence-corrected chi connectivity index (χ3v) is 5.72. The van der Waals surface area contributed by atoms with E-state index >= 15 is 0 Å². The number of benzene rings is 2. The van der Waals surface area contributed by atoms with Gasteiger partial charge in [0.05, 0.1) is 22.3 Å². The van der Waals surface area contributed by atoms with Crippen molar-refractivity contribution in [2.75, 3.05) is 12.3 Å². The molecule has 4 aromatic rings. The molecule has 154 valence electrons. The Labute approximate surface area is 178 Å². The van der Waals surface area contributed by atoms with Gasteiger partial charge in [-0.2, -0.15) is 0 Å². The van der Waals surface area contributed by atoms with E-state index in [2.05, 4.69) is 29.4 Å². The zero-order chi connectivity index (χ0) is 21.3. The lowest BCUT2D eigenvalue weighted by atomic mass is 10.2. The van der Waals surface area contributed by atoms with Gasteiger partial charge in [-0.15, -0.1) is 10.2 Å². The molecule has 0 spiro atoms. The molecule has 30 heavy (non-hydrogen) atoms. The van der Waals surface area contributed by atoms with E-state index in [4.69, 9.17) is 0 Å². The Balaban J connectivity index is 1.85. The summed E-state index contributed by atoms with van der Waals surface area (Å²) in [5.74, 6) is 0.992. The van der Waals surface area contributed by atoms with Crippen LogP contribution in [-0.2, 0) is 4.79 Å². The molecule has 4 rings (SSSR count). The molecule has 0 unspecified atom stereocenters. The van der Waals surface area contributed by atoms with E-state index in [9.17, 15) is 9.59 Å². The Kier molecular flexibility index (Phi) is 5.59. The monoisotopic (exact) mass is 421 g/mol. The summed E-state index contributed by atoms with van der Waals surface area (Å²) < 4.78 is 3.44. The van der Waals surface area contributed by atoms with Crippen molar-refractivity contribution in [3.05, 3.63) is 64.4 Å². The zero-order valence-electron chi connectivity index (χ0n) is 17.1. The lowest BCUT2D eigenvalue weighted by Gasteiger charge is -2.13. The molecule has 0 atom stereocenters. The van der Waals surface area contributed by atoms with Crippen molar-refractivity contribution in [2.45, 2.75) is 25.9 Å². The Hall–Kier alpha value is -3.13. The van der Waals surface area contributed by atoms with E-state index in [1.54, 1.807) is 10.6 Å². The minimum absolute atomic E-state index is 0.0537. The molecule has 0 fully saturated rings. The molecule has 1 N–H and O–H groups in total. The average Bonchev–Trinajstić information content (AvgIpc) is 3.16. The number of carbonyl (C=O) groups excluding carboxylic acids is 1. The van der Waals surface area contributed by atoms with Crippen LogP contribution >= 0.6 is 11.8 Å². The number of para-hydroxylation sites is 2. The van der Waals surface area contributed by atoms with Crippen LogP contribution in [0.5, 0.6) is 0 Å². The zero-order valence-corrected chi connectivity index (χ0v) is 17.9. The first-order chi connectivity index (χ1) is 14.5. The van der Waals surface area contributed by atoms with Crippen LogP contribution in [0.25, 0.3) is 22.4 Å². The van der Waals surface area contributed by atoms with Gasteiger partial charge < -0.3 is 5.32 Å². The molecule has 2 aromatic carbocycles. The second-order valence-corrected chi connectivity index (χ2v) is 8.49. The second kappa shape index (κ2) is 8.31. The molecular weight excluding hydrogens is 398 g/mol. The van der Waals surface area contributed by atoms with E-state index in [0.29, 0.717) is 28.8 Å². The van der Waals surface area contributed by atoms with E-state index in [1.165, 1.54) is 11.8 Å². The molecule has 0 saturated heterocycles. The van der Waals surface area contributed by atoms with E-state index in [1.807, 2.05) is 53.8 Å². The number of hydrogen-bond donors (Lipinski definition) is 1. The predicted octanol–water partition coefficient (Wildman–Crippen LogP) is 3.21. The van der Waals surface area contributed by atoms with E-state index in [0.717, 1.165) is 16.8 Å². The number of thioether (sulfide) groups is 1. The van der Waals surface area contributed by atoms with Gasteiger partial charge in [-0.3, -0.25) is 14.0 Å². The van der Waals surface area contributed by atoms with Crippen LogP contribution in [-0.4, -0.2) is 37.4 Å². The fourth-order valence-corrected chi connectivity index (χ4v) is 4.07. The average molecular weight is 422 g/mol. The standard InChI is InChI=1S/C22H23N5O2S/c1-14(2)12-23-19(28)13-30-22-25-24-21-26(17-10-6-4-8-15(17)3)20(29)16-9-5-7-11-18(16)27(21)22/h4-11,14H,12-13H2,1-3H3,(H,23,28). The number of nitrogens with zero attached hydrogens (tertiary/aromatic N) is 4. The van der Waals surface area contributed by atoms with Crippen LogP contribution in [0.15, 0.2) is 58.5 Å². The number of amides is 1. The Morgan fingerprint density at radius 2 is 1.83 bits per heavy atom. The molecule has 0 bridgehead atoms. The fourth-order valence-electron chi connectivity index (χ4n) is 3.30. The smallest absolute Gasteiger partial charge is 0.267 e. The van der Waals surface area contributed by atoms with Crippen LogP contribution in [0.3, 0.4) is 0 Å². The highest BCUT2D eigenvalue weighted by atomic mass is 32.2. The third-order valence-electron chi connectivity index (χ3n) is 4.79. The van der Waals surface area contributed by atoms with Gasteiger partial charge in [0, 0.05) is 6.54 Å². The van der Waals surface area contributed by atoms with Gasteiger partial charge in [0.25, 0.3) is 5.56 Å². The minimum Gasteiger partial charge on any atom is -0.355 e. The third kappa shape index (κ3) is 3.70. The highest BCUT2D eigenvalue weighted by molar-refractivity contribution is 7.99. The normalized spacial score (nSPS) is 11.5. The SMILES string of the molecule is Cc1ccccc1-n1c(=O)c2ccccc2n2c(SCC(=O)NCC(C)C)nnc12. The first kappa shape index (κ1) is 20.2. The molecule has 2 heterocycles. The lowest BCUT2D eigenvalue weighted by Crippen LogP contribution is -2.28. The molecular formula is C22H23N5O2S. The molecule has 0 saturated carbocycles. The van der Waals surface area contributed by atoms with Crippen molar-refractivity contribution in [3.8, 4) is 5.69 Å². The quantitative estimate of drug-likeness (QED) is 0.484. The van der Waals surface area contributed by atoms with Crippen LogP contribution in [0.4, 0.5) is 0 Å². The summed E-state index contributed by atoms with van der Waals surface area (Å²) >= 11 is 1.31. The number of aryl methyl sites for hydroxylation is 1. The summed E-state index contributed by atoms with van der Waals surface area (Å²) in [5.41, 5.74) is 2.29. The van der Waals surface area contributed by atoms with Crippen LogP contribution in [0.1, 0.15) is 19.4 Å². The minimum atomic E-state index is -0.147. The van der Waals surface area contributed by atoms with Crippen LogP contribution in [0, 0.1) is 12.8 Å². The van der Waals surface area contributed by atoms with Crippen LogP contribution in [0.2, 0.25) is 0 Å². The van der Waals surface area contributed by atoms with Gasteiger partial charge >= 0.3 is 0 Å². The second-order valence-electron chi connectivity index (χ2n) is 7.55. The lowest BCUT2D eigenvalue weighted by molar-refractivity contribution is -0.118. The summed E-state index contributed by atoms with van der Waals surface area (Å²) in [6, 6.07) is 15.1. The summed E-state index contributed by atoms with van der Waals surface area (Å²) in [5, 5.41) is 12.7. The van der Waals surface area contributed by atoms with Gasteiger partial charge in [0.1, 0.15) is 0 Å². The molecule has 0 aliphatic carbocycles. The summed E-state index contributed by atoms with van der Waals surface area (Å²) in [6.07, 6.45) is 0. The highest BCUT2D eigenvalue weighted by Gasteiger charge is 2.19. The molecule has 0 radical (unpaired) electrons. The topological polar surface area (TPSA) is 81.3 Å². The summed E-state index contributed by atoms with van der Waals surface area (Å²) in [7, 11) is 0. The predicted molar refractivity (Wildman–Crippen MR) is 119 cm³/mol. The molecule has 7 nitrogen and oxygen atoms in total. The maximum absolute atomic E-state index is 13.3. The number of aromatic nitrogens is 4. The number of rotatable bonds is 6. The molecule has 2 aromatic heterocycles. The first-order valence-corrected chi connectivity index (χ1v) is 10.8. The molecule has 1 amide bonds. The van der Waals surface area contributed by atoms with Crippen molar-refractivity contribution < 1.29 is 4.79 Å². The van der Waals surface area contributed by atoms with Crippen molar-refractivity contribution in [3.63, 3.8) is 0 Å². The molecule has 0 aliphatic heterocycles. The number of hydrogen-bond acceptors (Lipinski definition) is 5. The molecule has 8 heteroatoms. The largest absolute Gasteiger partial charge is 0.355 e. The Bertz CT molecular complexity index is 1290. The van der Waals surface area contributed by atoms with Crippen molar-refractivity contribution in [1.29, 1.82) is 0 Å². The van der Waals surface area contributed by atoms with Crippen molar-refractivity contribution >= 4 is 34.3 Å².